The molecule has 0 aromatic rings. The molecule has 0 spiro atoms. The van der Waals surface area contributed by atoms with Crippen molar-refractivity contribution in [1.29, 1.82) is 0 Å². The Kier molecular flexibility index (Phi) is 1470. The molecule has 0 atom stereocenters. The van der Waals surface area contributed by atoms with E-state index in [0.29, 0.717) is 0 Å². The van der Waals surface area contributed by atoms with Gasteiger partial charge in [0.2, 0.25) is 0 Å². The van der Waals surface area contributed by atoms with E-state index in [1.54, 1.807) is 0 Å². The summed E-state index contributed by atoms with van der Waals surface area (Å²) in [7, 11) is 0. The fourth-order valence-corrected chi connectivity index (χ4v) is 0. The average molecular weight is 1000 g/mol. The third-order valence-electron chi connectivity index (χ3n) is 0. The Hall–Kier alpha value is 6.87. The summed E-state index contributed by atoms with van der Waals surface area (Å²) >= 11 is 0. The minimum atomic E-state index is 0. The second-order valence-corrected chi connectivity index (χ2v) is 0. The molecule has 0 bridgehead atoms. The molecule has 0 aliphatic heterocycles. The van der Waals surface area contributed by atoms with Gasteiger partial charge in [0.25, 0.3) is 0 Å². The summed E-state index contributed by atoms with van der Waals surface area (Å²) in [5, 5.41) is 0. The monoisotopic (exact) mass is 1000 g/mol. The average Bonchev–Trinajstić information content (AvgIpc) is 0. The number of hydrogen-bond donors (Lipinski definition) is 0. The molecular formula is Ga3Ir3P7-12. The van der Waals surface area contributed by atoms with Crippen LogP contribution < -0.4 is 0 Å². The van der Waals surface area contributed by atoms with Crippen LogP contribution in [-0.2, 0) is 60.3 Å². The molecule has 0 saturated heterocycles. The molecule has 0 nitrogen and oxygen atoms in total. The van der Waals surface area contributed by atoms with Crippen LogP contribution in [0.3, 0.4) is 0 Å². The zero-order valence-corrected chi connectivity index (χ0v) is 26.6. The maximum Gasteiger partial charge on any atom is 3.00 e. The van der Waals surface area contributed by atoms with E-state index in [1.807, 2.05) is 0 Å². The van der Waals surface area contributed by atoms with Crippen LogP contribution in [-0.4, -0.2) is 59.4 Å². The minimum absolute atomic E-state index is 0. The molecule has 0 aliphatic carbocycles. The fourth-order valence-electron chi connectivity index (χ4n) is 0. The van der Waals surface area contributed by atoms with Crippen molar-refractivity contribution in [3.8, 4) is 0 Å². The largest absolute Gasteiger partial charge is 3.00 e. The minimum Gasteiger partial charge on any atom is -3.00 e. The Labute approximate surface area is 186 Å². The first-order chi connectivity index (χ1) is 0. The first-order valence-corrected chi connectivity index (χ1v) is 0. The van der Waals surface area contributed by atoms with Crippen molar-refractivity contribution in [1.82, 2.24) is 0 Å². The molecule has 13 heavy (non-hydrogen) atoms. The molecule has 0 amide bonds. The number of rotatable bonds is 0. The van der Waals surface area contributed by atoms with Gasteiger partial charge in [-0.15, -0.1) is 0 Å². The second kappa shape index (κ2) is 128. The second-order valence-electron chi connectivity index (χ2n) is 0. The van der Waals surface area contributed by atoms with E-state index in [4.69, 9.17) is 0 Å². The van der Waals surface area contributed by atoms with E-state index < -0.39 is 0 Å². The van der Waals surface area contributed by atoms with Crippen LogP contribution in [0.25, 0.3) is 0 Å². The first-order valence-electron chi connectivity index (χ1n) is 0. The summed E-state index contributed by atoms with van der Waals surface area (Å²) in [6, 6.07) is 0. The molecule has 0 unspecified atom stereocenters. The summed E-state index contributed by atoms with van der Waals surface area (Å²) in [5.41, 5.74) is 0. The summed E-state index contributed by atoms with van der Waals surface area (Å²) in [6.45, 7) is 0. The van der Waals surface area contributed by atoms with Gasteiger partial charge in [-0.05, 0) is 0 Å². The molecule has 0 rings (SSSR count). The van der Waals surface area contributed by atoms with Crippen molar-refractivity contribution in [2.75, 3.05) is 0 Å². The van der Waals surface area contributed by atoms with E-state index in [-0.39, 0.29) is 189 Å². The Bertz CT molecular complexity index is 18.9. The Morgan fingerprint density at radius 1 is 0.231 bits per heavy atom. The van der Waals surface area contributed by atoms with Crippen molar-refractivity contribution < 1.29 is 60.3 Å². The summed E-state index contributed by atoms with van der Waals surface area (Å²) < 4.78 is 0. The molecular weight excluding hydrogens is 1000 g/mol. The van der Waals surface area contributed by atoms with Gasteiger partial charge in [0.1, 0.15) is 0 Å². The topological polar surface area (TPSA) is 0 Å². The zero-order valence-electron chi connectivity index (χ0n) is 5.86. The number of hydrogen-bond acceptors (Lipinski definition) is 0. The Morgan fingerprint density at radius 2 is 0.231 bits per heavy atom. The predicted molar refractivity (Wildman–Crippen MR) is 65.7 cm³/mol. The zero-order chi connectivity index (χ0) is 0. The van der Waals surface area contributed by atoms with E-state index in [1.165, 1.54) is 0 Å². The van der Waals surface area contributed by atoms with E-state index >= 15 is 0 Å². The van der Waals surface area contributed by atoms with Crippen molar-refractivity contribution in [2.24, 2.45) is 0 Å². The third-order valence-corrected chi connectivity index (χ3v) is 0. The molecule has 0 fully saturated rings. The SMILES string of the molecule is [Ga+3].[Ga+3].[Ga+3].[Ir].[Ir].[Ir].[P-3].[P-3].[P-3].[P-3].[P-3].[P-3].[P-3]. The van der Waals surface area contributed by atoms with E-state index in [9.17, 15) is 0 Å². The summed E-state index contributed by atoms with van der Waals surface area (Å²) in [6.07, 6.45) is 0. The Balaban J connectivity index is 0. The molecule has 0 aromatic carbocycles. The normalized spacial score (nSPS) is 0. The molecule has 0 heterocycles. The molecule has 0 N–H and O–H groups in total. The first kappa shape index (κ1) is 150. The van der Waals surface area contributed by atoms with E-state index in [0.717, 1.165) is 0 Å². The van der Waals surface area contributed by atoms with Crippen LogP contribution >= 0.6 is 69.3 Å². The van der Waals surface area contributed by atoms with Gasteiger partial charge >= 0.3 is 59.4 Å². The standard InChI is InChI=1S/3Ga.3Ir.7P/q3*+3;;;;7*-3. The quantitative estimate of drug-likeness (QED) is 0.240. The van der Waals surface area contributed by atoms with Crippen LogP contribution in [0.2, 0.25) is 0 Å². The summed E-state index contributed by atoms with van der Waals surface area (Å²) in [4.78, 5) is 0. The Morgan fingerprint density at radius 3 is 0.231 bits per heavy atom. The van der Waals surface area contributed by atoms with E-state index in [2.05, 4.69) is 0 Å². The predicted octanol–water partition coefficient (Wildman–Crippen LogP) is 4.88. The molecule has 0 aromatic heterocycles. The maximum atomic E-state index is 0. The van der Waals surface area contributed by atoms with Gasteiger partial charge in [0, 0.05) is 60.3 Å². The molecule has 0 aliphatic rings. The van der Waals surface area contributed by atoms with Gasteiger partial charge < -0.3 is 69.3 Å². The van der Waals surface area contributed by atoms with Crippen molar-refractivity contribution >= 4 is 129 Å². The van der Waals surface area contributed by atoms with Gasteiger partial charge in [0.15, 0.2) is 0 Å². The van der Waals surface area contributed by atoms with Crippen LogP contribution in [0.15, 0.2) is 0 Å². The van der Waals surface area contributed by atoms with Crippen LogP contribution in [0.5, 0.6) is 0 Å². The van der Waals surface area contributed by atoms with Crippen LogP contribution in [0.1, 0.15) is 0 Å². The van der Waals surface area contributed by atoms with Crippen molar-refractivity contribution in [3.05, 3.63) is 0 Å². The molecule has 83 valence electrons. The molecule has 13 heteroatoms. The molecule has 3 radical (unpaired) electrons. The van der Waals surface area contributed by atoms with Gasteiger partial charge in [0.05, 0.1) is 0 Å². The fraction of sp³-hybridized carbons (Fsp3) is 0. The van der Waals surface area contributed by atoms with Crippen LogP contribution in [0, 0.1) is 0 Å². The van der Waals surface area contributed by atoms with Crippen molar-refractivity contribution in [3.63, 3.8) is 0 Å². The molecule has 0 saturated carbocycles. The summed E-state index contributed by atoms with van der Waals surface area (Å²) in [5.74, 6) is 0. The van der Waals surface area contributed by atoms with Gasteiger partial charge in [-0.3, -0.25) is 0 Å². The van der Waals surface area contributed by atoms with Gasteiger partial charge in [-0.25, -0.2) is 0 Å². The van der Waals surface area contributed by atoms with Gasteiger partial charge in [-0.2, -0.15) is 0 Å². The third kappa shape index (κ3) is 114. The smallest absolute Gasteiger partial charge is 3.00 e. The van der Waals surface area contributed by atoms with Gasteiger partial charge in [-0.1, -0.05) is 0 Å². The maximum absolute atomic E-state index is 0. The van der Waals surface area contributed by atoms with Crippen molar-refractivity contribution in [2.45, 2.75) is 0 Å². The van der Waals surface area contributed by atoms with Crippen LogP contribution in [0.4, 0.5) is 0 Å².